The highest BCUT2D eigenvalue weighted by Crippen LogP contribution is 2.25. The quantitative estimate of drug-likeness (QED) is 0.909. The number of rotatable bonds is 3. The number of carbonyl (C=O) groups is 1. The number of carbonyl (C=O) groups excluding carboxylic acids is 1. The number of nitrogens with zero attached hydrogens (tertiary/aromatic N) is 2. The molecule has 0 atom stereocenters. The van der Waals surface area contributed by atoms with Gasteiger partial charge in [-0.15, -0.1) is 11.3 Å². The third-order valence-electron chi connectivity index (χ3n) is 4.42. The van der Waals surface area contributed by atoms with E-state index in [-0.39, 0.29) is 5.91 Å². The zero-order chi connectivity index (χ0) is 16.4. The summed E-state index contributed by atoms with van der Waals surface area (Å²) in [6.45, 7) is 8.09. The number of piperidine rings is 1. The summed E-state index contributed by atoms with van der Waals surface area (Å²) in [5.74, 6) is 0.776. The first-order valence-corrected chi connectivity index (χ1v) is 9.00. The van der Waals surface area contributed by atoms with Crippen LogP contribution in [0.25, 0.3) is 0 Å². The molecule has 1 saturated heterocycles. The minimum absolute atomic E-state index is 0.0572. The lowest BCUT2D eigenvalue weighted by Crippen LogP contribution is -2.38. The molecule has 4 nitrogen and oxygen atoms in total. The SMILES string of the molecule is Cc1ccc(Nc2nc(C(=O)N3CCC(C)CC3)cs2)c(C)c1. The van der Waals surface area contributed by atoms with E-state index in [9.17, 15) is 4.79 Å². The maximum Gasteiger partial charge on any atom is 0.273 e. The van der Waals surface area contributed by atoms with E-state index in [0.29, 0.717) is 5.69 Å². The van der Waals surface area contributed by atoms with E-state index in [1.807, 2.05) is 10.3 Å². The number of likely N-dealkylation sites (tertiary alicyclic amines) is 1. The molecule has 2 aromatic rings. The second-order valence-corrected chi connectivity index (χ2v) is 7.31. The van der Waals surface area contributed by atoms with Crippen molar-refractivity contribution in [2.45, 2.75) is 33.6 Å². The van der Waals surface area contributed by atoms with Gasteiger partial charge in [0.15, 0.2) is 5.13 Å². The van der Waals surface area contributed by atoms with Gasteiger partial charge in [0, 0.05) is 24.2 Å². The van der Waals surface area contributed by atoms with Crippen LogP contribution < -0.4 is 5.32 Å². The number of benzene rings is 1. The summed E-state index contributed by atoms with van der Waals surface area (Å²) in [5, 5.41) is 5.94. The van der Waals surface area contributed by atoms with Gasteiger partial charge in [0.25, 0.3) is 5.91 Å². The summed E-state index contributed by atoms with van der Waals surface area (Å²) in [7, 11) is 0. The van der Waals surface area contributed by atoms with Gasteiger partial charge in [-0.25, -0.2) is 4.98 Å². The van der Waals surface area contributed by atoms with Gasteiger partial charge in [-0.05, 0) is 44.2 Å². The molecule has 0 unspecified atom stereocenters. The van der Waals surface area contributed by atoms with Crippen LogP contribution in [0.1, 0.15) is 41.4 Å². The van der Waals surface area contributed by atoms with Crippen molar-refractivity contribution in [2.75, 3.05) is 18.4 Å². The average molecular weight is 329 g/mol. The maximum atomic E-state index is 12.5. The molecule has 1 amide bonds. The molecular weight excluding hydrogens is 306 g/mol. The molecule has 1 aromatic heterocycles. The molecule has 0 saturated carbocycles. The Hall–Kier alpha value is -1.88. The normalized spacial score (nSPS) is 15.7. The standard InChI is InChI=1S/C18H23N3OS/c1-12-6-8-21(9-7-12)17(22)16-11-23-18(20-16)19-15-5-4-13(2)10-14(15)3/h4-5,10-12H,6-9H2,1-3H3,(H,19,20). The molecule has 23 heavy (non-hydrogen) atoms. The topological polar surface area (TPSA) is 45.2 Å². The Bertz CT molecular complexity index is 702. The van der Waals surface area contributed by atoms with Crippen molar-refractivity contribution in [1.82, 2.24) is 9.88 Å². The van der Waals surface area contributed by atoms with Crippen LogP contribution in [-0.4, -0.2) is 28.9 Å². The molecule has 1 aliphatic heterocycles. The van der Waals surface area contributed by atoms with Gasteiger partial charge in [0.2, 0.25) is 0 Å². The van der Waals surface area contributed by atoms with Gasteiger partial charge in [-0.1, -0.05) is 24.6 Å². The van der Waals surface area contributed by atoms with E-state index in [1.165, 1.54) is 22.5 Å². The van der Waals surface area contributed by atoms with Gasteiger partial charge >= 0.3 is 0 Å². The third-order valence-corrected chi connectivity index (χ3v) is 5.18. The monoisotopic (exact) mass is 329 g/mol. The highest BCUT2D eigenvalue weighted by atomic mass is 32.1. The zero-order valence-corrected chi connectivity index (χ0v) is 14.7. The highest BCUT2D eigenvalue weighted by Gasteiger charge is 2.23. The number of aromatic nitrogens is 1. The van der Waals surface area contributed by atoms with E-state index in [2.05, 4.69) is 49.3 Å². The fourth-order valence-electron chi connectivity index (χ4n) is 2.87. The maximum absolute atomic E-state index is 12.5. The smallest absolute Gasteiger partial charge is 0.273 e. The second-order valence-electron chi connectivity index (χ2n) is 6.46. The number of aryl methyl sites for hydroxylation is 2. The predicted octanol–water partition coefficient (Wildman–Crippen LogP) is 4.38. The zero-order valence-electron chi connectivity index (χ0n) is 13.9. The van der Waals surface area contributed by atoms with Crippen LogP contribution in [0.5, 0.6) is 0 Å². The van der Waals surface area contributed by atoms with Crippen LogP contribution in [0, 0.1) is 19.8 Å². The lowest BCUT2D eigenvalue weighted by molar-refractivity contribution is 0.0692. The molecular formula is C18H23N3OS. The summed E-state index contributed by atoms with van der Waals surface area (Å²) in [6.07, 6.45) is 2.17. The Morgan fingerprint density at radius 3 is 2.74 bits per heavy atom. The Labute approximate surface area is 141 Å². The van der Waals surface area contributed by atoms with Gasteiger partial charge in [-0.2, -0.15) is 0 Å². The second kappa shape index (κ2) is 6.71. The fraction of sp³-hybridized carbons (Fsp3) is 0.444. The van der Waals surface area contributed by atoms with E-state index in [0.717, 1.165) is 42.7 Å². The number of hydrogen-bond donors (Lipinski definition) is 1. The number of thiazole rings is 1. The molecule has 122 valence electrons. The van der Waals surface area contributed by atoms with Crippen LogP contribution in [0.4, 0.5) is 10.8 Å². The van der Waals surface area contributed by atoms with Gasteiger partial charge in [0.05, 0.1) is 0 Å². The van der Waals surface area contributed by atoms with E-state index in [4.69, 9.17) is 0 Å². The van der Waals surface area contributed by atoms with Crippen molar-refractivity contribution in [2.24, 2.45) is 5.92 Å². The van der Waals surface area contributed by atoms with Crippen molar-refractivity contribution in [3.8, 4) is 0 Å². The van der Waals surface area contributed by atoms with Crippen molar-refractivity contribution < 1.29 is 4.79 Å². The highest BCUT2D eigenvalue weighted by molar-refractivity contribution is 7.14. The minimum Gasteiger partial charge on any atom is -0.337 e. The molecule has 0 aliphatic carbocycles. The molecule has 0 bridgehead atoms. The van der Waals surface area contributed by atoms with Gasteiger partial charge in [-0.3, -0.25) is 4.79 Å². The first kappa shape index (κ1) is 16.0. The van der Waals surface area contributed by atoms with E-state index in [1.54, 1.807) is 0 Å². The van der Waals surface area contributed by atoms with Crippen LogP contribution in [0.3, 0.4) is 0 Å². The lowest BCUT2D eigenvalue weighted by Gasteiger charge is -2.29. The minimum atomic E-state index is 0.0572. The van der Waals surface area contributed by atoms with Gasteiger partial charge < -0.3 is 10.2 Å². The average Bonchev–Trinajstić information content (AvgIpc) is 2.99. The van der Waals surface area contributed by atoms with Crippen LogP contribution in [0.15, 0.2) is 23.6 Å². The summed E-state index contributed by atoms with van der Waals surface area (Å²) >= 11 is 1.48. The van der Waals surface area contributed by atoms with Crippen molar-refractivity contribution in [3.05, 3.63) is 40.4 Å². The number of hydrogen-bond acceptors (Lipinski definition) is 4. The molecule has 1 fully saturated rings. The molecule has 0 spiro atoms. The number of amides is 1. The summed E-state index contributed by atoms with van der Waals surface area (Å²) < 4.78 is 0. The molecule has 0 radical (unpaired) electrons. The molecule has 2 heterocycles. The summed E-state index contributed by atoms with van der Waals surface area (Å²) in [5.41, 5.74) is 4.01. The molecule has 1 aromatic carbocycles. The largest absolute Gasteiger partial charge is 0.337 e. The summed E-state index contributed by atoms with van der Waals surface area (Å²) in [4.78, 5) is 18.9. The predicted molar refractivity (Wildman–Crippen MR) is 95.6 cm³/mol. The van der Waals surface area contributed by atoms with Crippen molar-refractivity contribution in [3.63, 3.8) is 0 Å². The molecule has 3 rings (SSSR count). The first-order chi connectivity index (χ1) is 11.0. The number of nitrogens with one attached hydrogen (secondary N) is 1. The molecule has 1 aliphatic rings. The Balaban J connectivity index is 1.69. The number of anilines is 2. The van der Waals surface area contributed by atoms with Crippen LogP contribution >= 0.6 is 11.3 Å². The molecule has 5 heteroatoms. The first-order valence-electron chi connectivity index (χ1n) is 8.12. The Morgan fingerprint density at radius 1 is 1.30 bits per heavy atom. The van der Waals surface area contributed by atoms with Gasteiger partial charge in [0.1, 0.15) is 5.69 Å². The van der Waals surface area contributed by atoms with Crippen LogP contribution in [-0.2, 0) is 0 Å². The Kier molecular flexibility index (Phi) is 4.66. The van der Waals surface area contributed by atoms with E-state index >= 15 is 0 Å². The molecule has 1 N–H and O–H groups in total. The van der Waals surface area contributed by atoms with E-state index < -0.39 is 0 Å². The summed E-state index contributed by atoms with van der Waals surface area (Å²) in [6, 6.07) is 6.26. The van der Waals surface area contributed by atoms with Crippen molar-refractivity contribution in [1.29, 1.82) is 0 Å². The lowest BCUT2D eigenvalue weighted by atomic mass is 9.99. The Morgan fingerprint density at radius 2 is 2.04 bits per heavy atom. The van der Waals surface area contributed by atoms with Crippen molar-refractivity contribution >= 4 is 28.1 Å². The fourth-order valence-corrected chi connectivity index (χ4v) is 3.57. The third kappa shape index (κ3) is 3.72. The van der Waals surface area contributed by atoms with Crippen LogP contribution in [0.2, 0.25) is 0 Å².